The maximum atomic E-state index is 2.29. The van der Waals surface area contributed by atoms with Gasteiger partial charge in [0.15, 0.2) is 0 Å². The van der Waals surface area contributed by atoms with E-state index in [0.717, 1.165) is 0 Å². The molecule has 0 N–H and O–H groups in total. The minimum Gasteiger partial charge on any atom is -1.00 e. The Morgan fingerprint density at radius 2 is 0.588 bits per heavy atom. The molecule has 0 radical (unpaired) electrons. The summed E-state index contributed by atoms with van der Waals surface area (Å²) in [5.74, 6) is 0. The molecular weight excluding hydrogens is 231 g/mol. The van der Waals surface area contributed by atoms with Crippen LogP contribution in [0.25, 0.3) is 0 Å². The fourth-order valence-electron chi connectivity index (χ4n) is 2.27. The number of rotatable bonds is 13. The first-order valence-electron chi connectivity index (χ1n) is 7.91. The van der Waals surface area contributed by atoms with Crippen LogP contribution in [0.3, 0.4) is 0 Å². The fourth-order valence-corrected chi connectivity index (χ4v) is 2.27. The van der Waals surface area contributed by atoms with Gasteiger partial charge in [0.05, 0.1) is 0 Å². The Bertz CT molecular complexity index is 104. The monoisotopic (exact) mass is 266 g/mol. The van der Waals surface area contributed by atoms with Crippen LogP contribution in [0, 0.1) is 0 Å². The SMILES string of the molecule is CCCCCCCCCCCCCCCC.[H-].[K+]. The van der Waals surface area contributed by atoms with Crippen molar-refractivity contribution < 1.29 is 52.8 Å². The summed E-state index contributed by atoms with van der Waals surface area (Å²) in [6.07, 6.45) is 20.4. The third-order valence-corrected chi connectivity index (χ3v) is 3.46. The summed E-state index contributed by atoms with van der Waals surface area (Å²) in [4.78, 5) is 0. The van der Waals surface area contributed by atoms with E-state index in [1.165, 1.54) is 89.9 Å². The molecule has 0 spiro atoms. The van der Waals surface area contributed by atoms with Gasteiger partial charge in [0.25, 0.3) is 0 Å². The third-order valence-electron chi connectivity index (χ3n) is 3.46. The van der Waals surface area contributed by atoms with Gasteiger partial charge in [0.2, 0.25) is 0 Å². The molecule has 0 aromatic carbocycles. The molecule has 17 heavy (non-hydrogen) atoms. The smallest absolute Gasteiger partial charge is 1.00 e. The van der Waals surface area contributed by atoms with Crippen LogP contribution in [0.4, 0.5) is 0 Å². The van der Waals surface area contributed by atoms with E-state index in [0.29, 0.717) is 0 Å². The zero-order valence-electron chi connectivity index (χ0n) is 13.9. The molecule has 100 valence electrons. The molecule has 0 aromatic rings. The van der Waals surface area contributed by atoms with Crippen LogP contribution in [0.15, 0.2) is 0 Å². The van der Waals surface area contributed by atoms with Gasteiger partial charge in [-0.2, -0.15) is 0 Å². The average Bonchev–Trinajstić information content (AvgIpc) is 2.31. The molecule has 0 heterocycles. The third kappa shape index (κ3) is 20.1. The summed E-state index contributed by atoms with van der Waals surface area (Å²) < 4.78 is 0. The van der Waals surface area contributed by atoms with Crippen molar-refractivity contribution in [1.29, 1.82) is 0 Å². The predicted molar refractivity (Wildman–Crippen MR) is 77.1 cm³/mol. The molecule has 0 fully saturated rings. The zero-order chi connectivity index (χ0) is 11.9. The quantitative estimate of drug-likeness (QED) is 0.353. The van der Waals surface area contributed by atoms with Gasteiger partial charge >= 0.3 is 51.4 Å². The van der Waals surface area contributed by atoms with Crippen LogP contribution >= 0.6 is 0 Å². The summed E-state index contributed by atoms with van der Waals surface area (Å²) in [7, 11) is 0. The van der Waals surface area contributed by atoms with E-state index in [4.69, 9.17) is 0 Å². The average molecular weight is 267 g/mol. The van der Waals surface area contributed by atoms with Gasteiger partial charge in [-0.05, 0) is 0 Å². The first-order valence-corrected chi connectivity index (χ1v) is 7.91. The molecule has 0 bridgehead atoms. The Balaban J connectivity index is -0.00000112. The van der Waals surface area contributed by atoms with E-state index in [1.54, 1.807) is 0 Å². The van der Waals surface area contributed by atoms with Crippen molar-refractivity contribution in [3.05, 3.63) is 0 Å². The molecule has 1 heteroatoms. The molecule has 0 aromatic heterocycles. The van der Waals surface area contributed by atoms with Crippen molar-refractivity contribution in [1.82, 2.24) is 0 Å². The van der Waals surface area contributed by atoms with Gasteiger partial charge < -0.3 is 1.43 Å². The van der Waals surface area contributed by atoms with Crippen molar-refractivity contribution in [2.24, 2.45) is 0 Å². The van der Waals surface area contributed by atoms with E-state index in [1.807, 2.05) is 0 Å². The van der Waals surface area contributed by atoms with E-state index < -0.39 is 0 Å². The molecule has 0 nitrogen and oxygen atoms in total. The van der Waals surface area contributed by atoms with E-state index in [9.17, 15) is 0 Å². The Kier molecular flexibility index (Phi) is 24.6. The van der Waals surface area contributed by atoms with Gasteiger partial charge in [-0.3, -0.25) is 0 Å². The van der Waals surface area contributed by atoms with Crippen LogP contribution in [0.5, 0.6) is 0 Å². The molecule has 0 saturated heterocycles. The number of hydrogen-bond donors (Lipinski definition) is 0. The maximum absolute atomic E-state index is 2.29. The van der Waals surface area contributed by atoms with E-state index in [2.05, 4.69) is 13.8 Å². The van der Waals surface area contributed by atoms with Gasteiger partial charge in [-0.25, -0.2) is 0 Å². The second-order valence-electron chi connectivity index (χ2n) is 5.24. The fraction of sp³-hybridized carbons (Fsp3) is 1.00. The van der Waals surface area contributed by atoms with Crippen LogP contribution < -0.4 is 51.4 Å². The number of unbranched alkanes of at least 4 members (excludes halogenated alkanes) is 13. The van der Waals surface area contributed by atoms with Gasteiger partial charge in [-0.15, -0.1) is 0 Å². The Morgan fingerprint density at radius 3 is 0.765 bits per heavy atom. The second kappa shape index (κ2) is 20.0. The van der Waals surface area contributed by atoms with Crippen molar-refractivity contribution in [3.63, 3.8) is 0 Å². The first-order chi connectivity index (χ1) is 7.91. The molecule has 0 rings (SSSR count). The summed E-state index contributed by atoms with van der Waals surface area (Å²) in [6.45, 7) is 4.58. The van der Waals surface area contributed by atoms with Crippen molar-refractivity contribution in [3.8, 4) is 0 Å². The largest absolute Gasteiger partial charge is 1.00 e. The Morgan fingerprint density at radius 1 is 0.412 bits per heavy atom. The topological polar surface area (TPSA) is 0 Å². The van der Waals surface area contributed by atoms with Crippen LogP contribution in [-0.2, 0) is 0 Å². The summed E-state index contributed by atoms with van der Waals surface area (Å²) in [5.41, 5.74) is 0. The molecule has 0 unspecified atom stereocenters. The Labute approximate surface area is 155 Å². The summed E-state index contributed by atoms with van der Waals surface area (Å²) in [6, 6.07) is 0. The summed E-state index contributed by atoms with van der Waals surface area (Å²) >= 11 is 0. The van der Waals surface area contributed by atoms with E-state index in [-0.39, 0.29) is 52.8 Å². The molecule has 0 aliphatic rings. The van der Waals surface area contributed by atoms with Crippen molar-refractivity contribution >= 4 is 0 Å². The first kappa shape index (κ1) is 20.9. The van der Waals surface area contributed by atoms with Crippen LogP contribution in [0.1, 0.15) is 105 Å². The minimum absolute atomic E-state index is 0. The van der Waals surface area contributed by atoms with Crippen LogP contribution in [-0.4, -0.2) is 0 Å². The zero-order valence-corrected chi connectivity index (χ0v) is 16.0. The molecular formula is C16H35K. The predicted octanol–water partition coefficient (Wildman–Crippen LogP) is 3.60. The Hall–Kier alpha value is 1.64. The maximum Gasteiger partial charge on any atom is 1.00 e. The summed E-state index contributed by atoms with van der Waals surface area (Å²) in [5, 5.41) is 0. The molecule has 0 saturated carbocycles. The van der Waals surface area contributed by atoms with Gasteiger partial charge in [-0.1, -0.05) is 104 Å². The molecule has 0 aliphatic carbocycles. The van der Waals surface area contributed by atoms with E-state index >= 15 is 0 Å². The molecule has 0 amide bonds. The second-order valence-corrected chi connectivity index (χ2v) is 5.24. The normalized spacial score (nSPS) is 10.2. The minimum atomic E-state index is 0. The number of hydrogen-bond acceptors (Lipinski definition) is 0. The van der Waals surface area contributed by atoms with Crippen LogP contribution in [0.2, 0.25) is 0 Å². The van der Waals surface area contributed by atoms with Gasteiger partial charge in [0, 0.05) is 0 Å². The van der Waals surface area contributed by atoms with Gasteiger partial charge in [0.1, 0.15) is 0 Å². The molecule has 0 aliphatic heterocycles. The van der Waals surface area contributed by atoms with Crippen molar-refractivity contribution in [2.75, 3.05) is 0 Å². The standard InChI is InChI=1S/C16H34.K.H/c1-3-5-7-9-11-13-15-16-14-12-10-8-6-4-2;;/h3-16H2,1-2H3;;/q;+1;-1. The van der Waals surface area contributed by atoms with Crippen molar-refractivity contribution in [2.45, 2.75) is 104 Å². The molecule has 0 atom stereocenters.